The van der Waals surface area contributed by atoms with Crippen molar-refractivity contribution in [3.05, 3.63) is 59.9 Å². The van der Waals surface area contributed by atoms with Gasteiger partial charge in [-0.1, -0.05) is 0 Å². The van der Waals surface area contributed by atoms with Gasteiger partial charge in [0.25, 0.3) is 15.9 Å². The van der Waals surface area contributed by atoms with E-state index in [2.05, 4.69) is 28.8 Å². The number of hydrogen-bond acceptors (Lipinski definition) is 4. The number of carbonyl (C=O) groups is 1. The molecule has 0 aromatic heterocycles. The van der Waals surface area contributed by atoms with E-state index in [0.717, 1.165) is 38.1 Å². The van der Waals surface area contributed by atoms with Crippen LogP contribution in [0.25, 0.3) is 0 Å². The number of rotatable bonds is 7. The third kappa shape index (κ3) is 5.79. The van der Waals surface area contributed by atoms with E-state index in [-0.39, 0.29) is 10.8 Å². The molecule has 3 rings (SSSR count). The number of amides is 1. The molecule has 30 heavy (non-hydrogen) atoms. The maximum atomic E-state index is 13.0. The molecule has 6 nitrogen and oxygen atoms in total. The largest absolute Gasteiger partial charge is 0.352 e. The van der Waals surface area contributed by atoms with Gasteiger partial charge in [-0.05, 0) is 87.7 Å². The Balaban J connectivity index is 1.56. The zero-order valence-corrected chi connectivity index (χ0v) is 18.1. The van der Waals surface area contributed by atoms with E-state index >= 15 is 0 Å². The molecule has 0 spiro atoms. The molecule has 2 N–H and O–H groups in total. The molecule has 0 saturated carbocycles. The lowest BCUT2D eigenvalue weighted by Crippen LogP contribution is -2.43. The Morgan fingerprint density at radius 2 is 1.80 bits per heavy atom. The van der Waals surface area contributed by atoms with Gasteiger partial charge in [-0.15, -0.1) is 0 Å². The molecule has 1 aliphatic rings. The van der Waals surface area contributed by atoms with Gasteiger partial charge < -0.3 is 10.2 Å². The molecule has 1 unspecified atom stereocenters. The average Bonchev–Trinajstić information content (AvgIpc) is 2.73. The second kappa shape index (κ2) is 9.57. The fraction of sp³-hybridized carbons (Fsp3) is 0.409. The van der Waals surface area contributed by atoms with Crippen LogP contribution in [0, 0.1) is 11.7 Å². The molecule has 1 fully saturated rings. The van der Waals surface area contributed by atoms with Gasteiger partial charge in [-0.25, -0.2) is 12.8 Å². The molecular weight excluding hydrogens is 405 g/mol. The Labute approximate surface area is 177 Å². The fourth-order valence-corrected chi connectivity index (χ4v) is 4.65. The zero-order chi connectivity index (χ0) is 21.7. The summed E-state index contributed by atoms with van der Waals surface area (Å²) >= 11 is 0. The normalized spacial score (nSPS) is 17.7. The maximum Gasteiger partial charge on any atom is 0.261 e. The number of hydrogen-bond donors (Lipinski definition) is 2. The number of sulfonamides is 1. The van der Waals surface area contributed by atoms with E-state index < -0.39 is 15.8 Å². The van der Waals surface area contributed by atoms with Crippen LogP contribution in [-0.4, -0.2) is 44.9 Å². The van der Waals surface area contributed by atoms with Gasteiger partial charge in [0, 0.05) is 30.4 Å². The highest BCUT2D eigenvalue weighted by Gasteiger charge is 2.22. The summed E-state index contributed by atoms with van der Waals surface area (Å²) in [6.07, 6.45) is 2.25. The van der Waals surface area contributed by atoms with Gasteiger partial charge in [0.1, 0.15) is 5.82 Å². The highest BCUT2D eigenvalue weighted by Crippen LogP contribution is 2.19. The number of piperidine rings is 1. The minimum absolute atomic E-state index is 0.0337. The summed E-state index contributed by atoms with van der Waals surface area (Å²) in [5.41, 5.74) is 0.798. The Morgan fingerprint density at radius 3 is 2.43 bits per heavy atom. The second-order valence-corrected chi connectivity index (χ2v) is 9.63. The lowest BCUT2D eigenvalue weighted by molar-refractivity contribution is 0.0922. The van der Waals surface area contributed by atoms with Crippen molar-refractivity contribution >= 4 is 21.6 Å². The first-order valence-corrected chi connectivity index (χ1v) is 11.6. The van der Waals surface area contributed by atoms with Crippen LogP contribution < -0.4 is 10.0 Å². The highest BCUT2D eigenvalue weighted by molar-refractivity contribution is 7.92. The third-order valence-corrected chi connectivity index (χ3v) is 6.75. The molecular formula is C22H28FN3O3S. The van der Waals surface area contributed by atoms with Crippen LogP contribution in [0.2, 0.25) is 0 Å². The molecule has 8 heteroatoms. The Hall–Kier alpha value is -2.45. The number of nitrogens with zero attached hydrogens (tertiary/aromatic N) is 1. The first-order valence-electron chi connectivity index (χ1n) is 10.2. The first kappa shape index (κ1) is 22.2. The quantitative estimate of drug-likeness (QED) is 0.701. The molecule has 1 heterocycles. The van der Waals surface area contributed by atoms with Crippen LogP contribution in [0.3, 0.4) is 0 Å². The molecule has 0 aliphatic carbocycles. The van der Waals surface area contributed by atoms with Crippen molar-refractivity contribution in [3.8, 4) is 0 Å². The number of nitrogens with one attached hydrogen (secondary N) is 2. The summed E-state index contributed by atoms with van der Waals surface area (Å²) in [4.78, 5) is 14.9. The molecule has 0 bridgehead atoms. The lowest BCUT2D eigenvalue weighted by atomic mass is 9.97. The molecule has 1 saturated heterocycles. The predicted molar refractivity (Wildman–Crippen MR) is 115 cm³/mol. The van der Waals surface area contributed by atoms with Crippen LogP contribution >= 0.6 is 0 Å². The molecule has 1 aliphatic heterocycles. The van der Waals surface area contributed by atoms with Crippen molar-refractivity contribution < 1.29 is 17.6 Å². The summed E-state index contributed by atoms with van der Waals surface area (Å²) in [5, 5.41) is 2.99. The Morgan fingerprint density at radius 1 is 1.13 bits per heavy atom. The second-order valence-electron chi connectivity index (χ2n) is 7.94. The summed E-state index contributed by atoms with van der Waals surface area (Å²) in [7, 11) is -3.82. The number of anilines is 1. The molecule has 2 aromatic carbocycles. The third-order valence-electron chi connectivity index (χ3n) is 5.36. The average molecular weight is 434 g/mol. The standard InChI is InChI=1S/C22H28FN3O3S/c1-16(2)26-13-3-4-17(15-26)14-24-22(27)18-5-9-20(10-6-18)25-30(28,29)21-11-7-19(23)8-12-21/h5-12,16-17,25H,3-4,13-15H2,1-2H3,(H,24,27). The monoisotopic (exact) mass is 433 g/mol. The van der Waals surface area contributed by atoms with Gasteiger partial charge in [0.2, 0.25) is 0 Å². The van der Waals surface area contributed by atoms with E-state index in [1.807, 2.05) is 0 Å². The minimum atomic E-state index is -3.82. The summed E-state index contributed by atoms with van der Waals surface area (Å²) in [6.45, 7) is 7.10. The molecule has 2 aromatic rings. The predicted octanol–water partition coefficient (Wildman–Crippen LogP) is 3.48. The zero-order valence-electron chi connectivity index (χ0n) is 17.3. The van der Waals surface area contributed by atoms with E-state index in [1.54, 1.807) is 12.1 Å². The molecule has 162 valence electrons. The first-order chi connectivity index (χ1) is 14.2. The van der Waals surface area contributed by atoms with E-state index in [1.165, 1.54) is 24.3 Å². The highest BCUT2D eigenvalue weighted by atomic mass is 32.2. The maximum absolute atomic E-state index is 13.0. The summed E-state index contributed by atoms with van der Waals surface area (Å²) in [5.74, 6) is -0.244. The summed E-state index contributed by atoms with van der Waals surface area (Å²) in [6, 6.07) is 11.3. The van der Waals surface area contributed by atoms with Gasteiger partial charge >= 0.3 is 0 Å². The van der Waals surface area contributed by atoms with Crippen molar-refractivity contribution in [3.63, 3.8) is 0 Å². The Bertz CT molecular complexity index is 960. The molecule has 1 amide bonds. The SMILES string of the molecule is CC(C)N1CCCC(CNC(=O)c2ccc(NS(=O)(=O)c3ccc(F)cc3)cc2)C1. The van der Waals surface area contributed by atoms with E-state index in [4.69, 9.17) is 0 Å². The van der Waals surface area contributed by atoms with Gasteiger partial charge in [0.15, 0.2) is 0 Å². The van der Waals surface area contributed by atoms with Crippen molar-refractivity contribution in [2.75, 3.05) is 24.4 Å². The Kier molecular flexibility index (Phi) is 7.10. The van der Waals surface area contributed by atoms with Crippen LogP contribution in [0.4, 0.5) is 10.1 Å². The molecule has 0 radical (unpaired) electrons. The van der Waals surface area contributed by atoms with Crippen LogP contribution in [0.5, 0.6) is 0 Å². The van der Waals surface area contributed by atoms with Gasteiger partial charge in [-0.3, -0.25) is 9.52 Å². The van der Waals surface area contributed by atoms with Crippen molar-refractivity contribution in [1.82, 2.24) is 10.2 Å². The fourth-order valence-electron chi connectivity index (χ4n) is 3.59. The topological polar surface area (TPSA) is 78.5 Å². The summed E-state index contributed by atoms with van der Waals surface area (Å²) < 4.78 is 40.2. The minimum Gasteiger partial charge on any atom is -0.352 e. The number of benzene rings is 2. The number of carbonyl (C=O) groups excluding carboxylic acids is 1. The molecule has 1 atom stereocenters. The van der Waals surface area contributed by atoms with E-state index in [9.17, 15) is 17.6 Å². The number of likely N-dealkylation sites (tertiary alicyclic amines) is 1. The van der Waals surface area contributed by atoms with Crippen molar-refractivity contribution in [2.45, 2.75) is 37.6 Å². The van der Waals surface area contributed by atoms with E-state index in [0.29, 0.717) is 29.8 Å². The number of halogens is 1. The van der Waals surface area contributed by atoms with Crippen LogP contribution in [0.15, 0.2) is 53.4 Å². The van der Waals surface area contributed by atoms with Gasteiger partial charge in [-0.2, -0.15) is 0 Å². The van der Waals surface area contributed by atoms with Crippen molar-refractivity contribution in [1.29, 1.82) is 0 Å². The van der Waals surface area contributed by atoms with Crippen molar-refractivity contribution in [2.24, 2.45) is 5.92 Å². The van der Waals surface area contributed by atoms with Crippen LogP contribution in [-0.2, 0) is 10.0 Å². The smallest absolute Gasteiger partial charge is 0.261 e. The van der Waals surface area contributed by atoms with Crippen LogP contribution in [0.1, 0.15) is 37.0 Å². The van der Waals surface area contributed by atoms with Gasteiger partial charge in [0.05, 0.1) is 4.90 Å². The lowest BCUT2D eigenvalue weighted by Gasteiger charge is -2.35.